The average Bonchev–Trinajstić information content (AvgIpc) is 1.83. The minimum atomic E-state index is 0.736. The Hall–Kier alpha value is -0.810. The number of rotatable bonds is 2. The molecular formula is C7H10O. The van der Waals surface area contributed by atoms with Crippen LogP contribution in [0.2, 0.25) is 0 Å². The maximum Gasteiger partial charge on any atom is 0.123 e. The van der Waals surface area contributed by atoms with Crippen LogP contribution < -0.4 is 0 Å². The van der Waals surface area contributed by atoms with Gasteiger partial charge in [-0.05, 0) is 20.3 Å². The van der Waals surface area contributed by atoms with Crippen LogP contribution >= 0.6 is 0 Å². The fourth-order valence-corrected chi connectivity index (χ4v) is 0.336. The minimum absolute atomic E-state index is 0.736. The molecule has 0 spiro atoms. The second kappa shape index (κ2) is 4.35. The van der Waals surface area contributed by atoms with E-state index in [2.05, 4.69) is 0 Å². The molecule has 0 aliphatic carbocycles. The molecule has 0 aliphatic heterocycles. The summed E-state index contributed by atoms with van der Waals surface area (Å²) in [6.45, 7) is 3.70. The molecular weight excluding hydrogens is 100 g/mol. The van der Waals surface area contributed by atoms with Crippen molar-refractivity contribution in [3.05, 3.63) is 17.7 Å². The van der Waals surface area contributed by atoms with Crippen molar-refractivity contribution in [3.8, 4) is 0 Å². The van der Waals surface area contributed by atoms with Crippen LogP contribution in [0.3, 0.4) is 0 Å². The van der Waals surface area contributed by atoms with Gasteiger partial charge in [-0.3, -0.25) is 0 Å². The van der Waals surface area contributed by atoms with Crippen molar-refractivity contribution in [2.75, 3.05) is 0 Å². The molecule has 0 aromatic rings. The summed E-state index contributed by atoms with van der Waals surface area (Å²) in [5, 5.41) is 0. The van der Waals surface area contributed by atoms with Gasteiger partial charge in [-0.1, -0.05) is 12.2 Å². The molecule has 0 aromatic carbocycles. The number of hydrogen-bond acceptors (Lipinski definition) is 1. The van der Waals surface area contributed by atoms with E-state index in [1.807, 2.05) is 25.0 Å². The van der Waals surface area contributed by atoms with Gasteiger partial charge >= 0.3 is 0 Å². The average molecular weight is 110 g/mol. The zero-order valence-electron chi connectivity index (χ0n) is 5.27. The second-order valence-corrected chi connectivity index (χ2v) is 1.66. The molecule has 0 radical (unpaired) electrons. The van der Waals surface area contributed by atoms with Crippen LogP contribution in [0, 0.1) is 0 Å². The maximum atomic E-state index is 9.81. The first-order chi connectivity index (χ1) is 3.81. The summed E-state index contributed by atoms with van der Waals surface area (Å²) in [6.07, 6.45) is 4.58. The number of carbonyl (C=O) groups excluding carboxylic acids is 1. The monoisotopic (exact) mass is 110 g/mol. The third-order valence-electron chi connectivity index (χ3n) is 0.834. The van der Waals surface area contributed by atoms with Crippen LogP contribution in [-0.2, 0) is 4.79 Å². The Balaban J connectivity index is 3.56. The first kappa shape index (κ1) is 7.19. The molecule has 0 amide bonds. The van der Waals surface area contributed by atoms with Gasteiger partial charge in [-0.25, -0.2) is 4.79 Å². The molecule has 1 heteroatoms. The normalized spacial score (nSPS) is 9.25. The third-order valence-corrected chi connectivity index (χ3v) is 0.834. The molecule has 44 valence electrons. The molecule has 1 nitrogen and oxygen atoms in total. The van der Waals surface area contributed by atoms with Crippen LogP contribution in [0.25, 0.3) is 0 Å². The summed E-state index contributed by atoms with van der Waals surface area (Å²) in [6, 6.07) is 0. The lowest BCUT2D eigenvalue weighted by molar-refractivity contribution is 0.566. The lowest BCUT2D eigenvalue weighted by atomic mass is 10.2. The smallest absolute Gasteiger partial charge is 0.123 e. The molecule has 0 saturated carbocycles. The Morgan fingerprint density at radius 3 is 2.75 bits per heavy atom. The van der Waals surface area contributed by atoms with E-state index in [0.29, 0.717) is 0 Å². The van der Waals surface area contributed by atoms with Gasteiger partial charge in [-0.2, -0.15) is 0 Å². The topological polar surface area (TPSA) is 17.1 Å². The quantitative estimate of drug-likeness (QED) is 0.391. The van der Waals surface area contributed by atoms with Gasteiger partial charge in [0, 0.05) is 5.57 Å². The molecule has 0 rings (SSSR count). The largest absolute Gasteiger partial charge is 0.234 e. The Morgan fingerprint density at radius 2 is 2.38 bits per heavy atom. The van der Waals surface area contributed by atoms with Crippen LogP contribution in [0.1, 0.15) is 20.3 Å². The summed E-state index contributed by atoms with van der Waals surface area (Å²) in [7, 11) is 0. The van der Waals surface area contributed by atoms with Crippen molar-refractivity contribution in [1.29, 1.82) is 0 Å². The zero-order chi connectivity index (χ0) is 6.41. The molecule has 0 aliphatic rings. The van der Waals surface area contributed by atoms with Crippen LogP contribution in [0.5, 0.6) is 0 Å². The van der Waals surface area contributed by atoms with Gasteiger partial charge < -0.3 is 0 Å². The predicted octanol–water partition coefficient (Wildman–Crippen LogP) is 1.73. The number of hydrogen-bond donors (Lipinski definition) is 0. The van der Waals surface area contributed by atoms with Crippen molar-refractivity contribution in [1.82, 2.24) is 0 Å². The molecule has 0 unspecified atom stereocenters. The summed E-state index contributed by atoms with van der Waals surface area (Å²) in [5.74, 6) is 1.82. The van der Waals surface area contributed by atoms with Crippen LogP contribution in [0.15, 0.2) is 17.7 Å². The lowest BCUT2D eigenvalue weighted by Crippen LogP contribution is -1.70. The molecule has 0 heterocycles. The van der Waals surface area contributed by atoms with E-state index < -0.39 is 0 Å². The molecule has 0 aromatic heterocycles. The molecule has 0 saturated heterocycles. The van der Waals surface area contributed by atoms with Gasteiger partial charge in [0.05, 0.1) is 0 Å². The van der Waals surface area contributed by atoms with Crippen molar-refractivity contribution in [3.63, 3.8) is 0 Å². The highest BCUT2D eigenvalue weighted by atomic mass is 16.1. The Kier molecular flexibility index (Phi) is 3.91. The fourth-order valence-electron chi connectivity index (χ4n) is 0.336. The third kappa shape index (κ3) is 3.38. The van der Waals surface area contributed by atoms with E-state index in [4.69, 9.17) is 0 Å². The molecule has 0 fully saturated rings. The van der Waals surface area contributed by atoms with Crippen molar-refractivity contribution >= 4 is 5.94 Å². The van der Waals surface area contributed by atoms with Crippen LogP contribution in [-0.4, -0.2) is 5.94 Å². The Morgan fingerprint density at radius 1 is 1.75 bits per heavy atom. The van der Waals surface area contributed by atoms with E-state index in [1.165, 1.54) is 0 Å². The SMILES string of the molecule is CC=CCC(C)=C=O. The van der Waals surface area contributed by atoms with Crippen molar-refractivity contribution < 1.29 is 4.79 Å². The highest BCUT2D eigenvalue weighted by Gasteiger charge is 1.80. The summed E-state index contributed by atoms with van der Waals surface area (Å²) >= 11 is 0. The van der Waals surface area contributed by atoms with Crippen molar-refractivity contribution in [2.45, 2.75) is 20.3 Å². The first-order valence-electron chi connectivity index (χ1n) is 2.63. The zero-order valence-corrected chi connectivity index (χ0v) is 5.27. The fraction of sp³-hybridized carbons (Fsp3) is 0.429. The molecule has 8 heavy (non-hydrogen) atoms. The summed E-state index contributed by atoms with van der Waals surface area (Å²) in [5.41, 5.74) is 0.753. The van der Waals surface area contributed by atoms with E-state index in [-0.39, 0.29) is 0 Å². The van der Waals surface area contributed by atoms with E-state index >= 15 is 0 Å². The molecule has 0 bridgehead atoms. The van der Waals surface area contributed by atoms with Gasteiger partial charge in [0.1, 0.15) is 5.94 Å². The van der Waals surface area contributed by atoms with E-state index in [0.717, 1.165) is 12.0 Å². The molecule has 0 atom stereocenters. The maximum absolute atomic E-state index is 9.81. The van der Waals surface area contributed by atoms with Gasteiger partial charge in [0.2, 0.25) is 0 Å². The summed E-state index contributed by atoms with van der Waals surface area (Å²) in [4.78, 5) is 9.81. The standard InChI is InChI=1S/C7H10O/c1-3-4-5-7(2)6-8/h3-4H,5H2,1-2H3. The highest BCUT2D eigenvalue weighted by molar-refractivity contribution is 5.51. The second-order valence-electron chi connectivity index (χ2n) is 1.66. The van der Waals surface area contributed by atoms with Gasteiger partial charge in [0.15, 0.2) is 0 Å². The first-order valence-corrected chi connectivity index (χ1v) is 2.63. The van der Waals surface area contributed by atoms with Gasteiger partial charge in [0.25, 0.3) is 0 Å². The Bertz CT molecular complexity index is 127. The highest BCUT2D eigenvalue weighted by Crippen LogP contribution is 1.93. The molecule has 0 N–H and O–H groups in total. The van der Waals surface area contributed by atoms with E-state index in [9.17, 15) is 4.79 Å². The van der Waals surface area contributed by atoms with Crippen LogP contribution in [0.4, 0.5) is 0 Å². The lowest BCUT2D eigenvalue weighted by Gasteiger charge is -1.81. The summed E-state index contributed by atoms with van der Waals surface area (Å²) < 4.78 is 0. The number of allylic oxidation sites excluding steroid dienone is 3. The Labute approximate surface area is 49.7 Å². The minimum Gasteiger partial charge on any atom is -0.234 e. The van der Waals surface area contributed by atoms with Crippen molar-refractivity contribution in [2.24, 2.45) is 0 Å². The van der Waals surface area contributed by atoms with Gasteiger partial charge in [-0.15, -0.1) is 0 Å². The predicted molar refractivity (Wildman–Crippen MR) is 34.3 cm³/mol. The van der Waals surface area contributed by atoms with E-state index in [1.54, 1.807) is 6.92 Å².